The van der Waals surface area contributed by atoms with E-state index in [1.54, 1.807) is 0 Å². The molecule has 1 amide bonds. The van der Waals surface area contributed by atoms with Gasteiger partial charge in [0.25, 0.3) is 0 Å². The summed E-state index contributed by atoms with van der Waals surface area (Å²) in [4.78, 5) is 21.1. The molecule has 0 bridgehead atoms. The van der Waals surface area contributed by atoms with Gasteiger partial charge < -0.3 is 14.6 Å². The van der Waals surface area contributed by atoms with Crippen LogP contribution < -0.4 is 5.32 Å². The van der Waals surface area contributed by atoms with Crippen molar-refractivity contribution in [3.05, 3.63) is 29.5 Å². The Labute approximate surface area is 166 Å². The number of nitrogens with one attached hydrogen (secondary N) is 1. The van der Waals surface area contributed by atoms with Gasteiger partial charge in [0, 0.05) is 37.8 Å². The summed E-state index contributed by atoms with van der Waals surface area (Å²) in [7, 11) is 1.53. The molecule has 2 heterocycles. The molecular weight excluding hydrogens is 356 g/mol. The molecular formula is C21H30N4O3. The lowest BCUT2D eigenvalue weighted by Gasteiger charge is -2.29. The van der Waals surface area contributed by atoms with Gasteiger partial charge >= 0.3 is 0 Å². The summed E-state index contributed by atoms with van der Waals surface area (Å²) in [5, 5.41) is 6.98. The first-order valence-electron chi connectivity index (χ1n) is 10.0. The van der Waals surface area contributed by atoms with E-state index in [0.717, 1.165) is 54.2 Å². The number of ether oxygens (including phenoxy) is 1. The van der Waals surface area contributed by atoms with Crippen molar-refractivity contribution in [2.45, 2.75) is 58.3 Å². The molecule has 2 aromatic heterocycles. The molecule has 0 radical (unpaired) electrons. The summed E-state index contributed by atoms with van der Waals surface area (Å²) in [6.45, 7) is 6.96. The molecule has 0 aromatic carbocycles. The first-order chi connectivity index (χ1) is 13.5. The fraction of sp³-hybridized carbons (Fsp3) is 0.619. The predicted octanol–water partition coefficient (Wildman–Crippen LogP) is 3.60. The van der Waals surface area contributed by atoms with E-state index in [0.29, 0.717) is 18.4 Å². The highest BCUT2D eigenvalue weighted by Crippen LogP contribution is 2.39. The number of carbonyl (C=O) groups is 1. The summed E-state index contributed by atoms with van der Waals surface area (Å²) in [5.41, 5.74) is 2.86. The molecule has 152 valence electrons. The van der Waals surface area contributed by atoms with Crippen molar-refractivity contribution in [3.63, 3.8) is 0 Å². The zero-order valence-electron chi connectivity index (χ0n) is 17.2. The van der Waals surface area contributed by atoms with E-state index < -0.39 is 0 Å². The third kappa shape index (κ3) is 4.95. The molecule has 1 N–H and O–H groups in total. The Morgan fingerprint density at radius 2 is 2.07 bits per heavy atom. The van der Waals surface area contributed by atoms with Crippen LogP contribution >= 0.6 is 0 Å². The third-order valence-electron chi connectivity index (χ3n) is 5.34. The van der Waals surface area contributed by atoms with Crippen LogP contribution in [0.2, 0.25) is 0 Å². The van der Waals surface area contributed by atoms with Crippen molar-refractivity contribution in [2.24, 2.45) is 5.92 Å². The molecule has 28 heavy (non-hydrogen) atoms. The number of nitrogens with zero attached hydrogens (tertiary/aromatic N) is 3. The number of rotatable bonds is 7. The van der Waals surface area contributed by atoms with Crippen molar-refractivity contribution < 1.29 is 14.1 Å². The normalized spacial score (nSPS) is 19.8. The Kier molecular flexibility index (Phi) is 6.78. The van der Waals surface area contributed by atoms with Gasteiger partial charge in [-0.2, -0.15) is 0 Å². The molecule has 0 atom stereocenters. The number of hydrogen-bond donors (Lipinski definition) is 1. The van der Waals surface area contributed by atoms with Crippen molar-refractivity contribution in [2.75, 3.05) is 20.3 Å². The molecule has 0 spiro atoms. The van der Waals surface area contributed by atoms with Gasteiger partial charge in [-0.1, -0.05) is 19.0 Å². The van der Waals surface area contributed by atoms with Crippen LogP contribution in [0.25, 0.3) is 11.3 Å². The summed E-state index contributed by atoms with van der Waals surface area (Å²) in [5.74, 6) is 2.69. The largest absolute Gasteiger partial charge is 0.375 e. The molecule has 3 rings (SSSR count). The Bertz CT molecular complexity index is 795. The summed E-state index contributed by atoms with van der Waals surface area (Å²) in [6, 6.07) is 1.94. The van der Waals surface area contributed by atoms with Gasteiger partial charge in [0.1, 0.15) is 12.4 Å². The lowest BCUT2D eigenvalue weighted by Crippen LogP contribution is -2.33. The Morgan fingerprint density at radius 1 is 1.32 bits per heavy atom. The first kappa shape index (κ1) is 20.5. The van der Waals surface area contributed by atoms with Crippen LogP contribution in [0.5, 0.6) is 0 Å². The molecule has 0 unspecified atom stereocenters. The molecule has 7 nitrogen and oxygen atoms in total. The van der Waals surface area contributed by atoms with E-state index in [4.69, 9.17) is 14.2 Å². The molecule has 0 saturated heterocycles. The highest BCUT2D eigenvalue weighted by Gasteiger charge is 2.27. The van der Waals surface area contributed by atoms with E-state index in [2.05, 4.69) is 29.3 Å². The van der Waals surface area contributed by atoms with Crippen LogP contribution in [0, 0.1) is 12.8 Å². The van der Waals surface area contributed by atoms with Gasteiger partial charge in [-0.3, -0.25) is 4.79 Å². The average molecular weight is 386 g/mol. The van der Waals surface area contributed by atoms with Crippen LogP contribution in [-0.4, -0.2) is 41.3 Å². The van der Waals surface area contributed by atoms with Crippen molar-refractivity contribution in [1.29, 1.82) is 0 Å². The van der Waals surface area contributed by atoms with E-state index in [1.807, 2.05) is 19.2 Å². The Balaban J connectivity index is 1.72. The fourth-order valence-electron chi connectivity index (χ4n) is 3.76. The minimum absolute atomic E-state index is 0.0509. The average Bonchev–Trinajstić information content (AvgIpc) is 3.12. The zero-order chi connectivity index (χ0) is 20.1. The second-order valence-corrected chi connectivity index (χ2v) is 7.97. The number of carbonyl (C=O) groups excluding carboxylic acids is 1. The van der Waals surface area contributed by atoms with Gasteiger partial charge in [-0.25, -0.2) is 9.97 Å². The van der Waals surface area contributed by atoms with Gasteiger partial charge in [0.2, 0.25) is 5.91 Å². The minimum atomic E-state index is -0.0509. The summed E-state index contributed by atoms with van der Waals surface area (Å²) < 4.78 is 10.4. The highest BCUT2D eigenvalue weighted by atomic mass is 16.5. The molecule has 1 aliphatic rings. The van der Waals surface area contributed by atoms with Crippen LogP contribution in [0.15, 0.2) is 16.8 Å². The zero-order valence-corrected chi connectivity index (χ0v) is 17.2. The maximum absolute atomic E-state index is 11.6. The lowest BCUT2D eigenvalue weighted by molar-refractivity contribution is -0.124. The SMILES string of the molecule is COCC(=O)NCC1CCC(c2nc(C(C)C)ncc2-c2cc(C)no2)CC1. The number of methoxy groups -OCH3 is 1. The van der Waals surface area contributed by atoms with Crippen molar-refractivity contribution in [3.8, 4) is 11.3 Å². The Morgan fingerprint density at radius 3 is 2.68 bits per heavy atom. The molecule has 2 aromatic rings. The Hall–Kier alpha value is -2.28. The highest BCUT2D eigenvalue weighted by molar-refractivity contribution is 5.77. The lowest BCUT2D eigenvalue weighted by atomic mass is 9.79. The second-order valence-electron chi connectivity index (χ2n) is 7.97. The molecule has 1 saturated carbocycles. The van der Waals surface area contributed by atoms with E-state index >= 15 is 0 Å². The molecule has 1 aliphatic carbocycles. The maximum Gasteiger partial charge on any atom is 0.245 e. The number of aromatic nitrogens is 3. The van der Waals surface area contributed by atoms with Crippen molar-refractivity contribution >= 4 is 5.91 Å². The predicted molar refractivity (Wildman–Crippen MR) is 106 cm³/mol. The van der Waals surface area contributed by atoms with E-state index in [-0.39, 0.29) is 18.4 Å². The maximum atomic E-state index is 11.6. The van der Waals surface area contributed by atoms with Gasteiger partial charge in [0.15, 0.2) is 5.76 Å². The van der Waals surface area contributed by atoms with E-state index in [1.165, 1.54) is 7.11 Å². The summed E-state index contributed by atoms with van der Waals surface area (Å²) in [6.07, 6.45) is 6.09. The standard InChI is InChI=1S/C21H30N4O3/c1-13(2)21-23-11-17(18-9-14(3)25-28-18)20(24-21)16-7-5-15(6-8-16)10-22-19(26)12-27-4/h9,11,13,15-16H,5-8,10,12H2,1-4H3,(H,22,26). The van der Waals surface area contributed by atoms with Gasteiger partial charge in [-0.15, -0.1) is 0 Å². The van der Waals surface area contributed by atoms with Crippen molar-refractivity contribution in [1.82, 2.24) is 20.4 Å². The molecule has 7 heteroatoms. The topological polar surface area (TPSA) is 90.1 Å². The molecule has 0 aliphatic heterocycles. The molecule has 1 fully saturated rings. The second kappa shape index (κ2) is 9.28. The third-order valence-corrected chi connectivity index (χ3v) is 5.34. The van der Waals surface area contributed by atoms with Gasteiger partial charge in [0.05, 0.1) is 17.0 Å². The summed E-state index contributed by atoms with van der Waals surface area (Å²) >= 11 is 0. The number of aryl methyl sites for hydroxylation is 1. The quantitative estimate of drug-likeness (QED) is 0.782. The number of hydrogen-bond acceptors (Lipinski definition) is 6. The van der Waals surface area contributed by atoms with E-state index in [9.17, 15) is 4.79 Å². The minimum Gasteiger partial charge on any atom is -0.375 e. The number of amides is 1. The fourth-order valence-corrected chi connectivity index (χ4v) is 3.76. The first-order valence-corrected chi connectivity index (χ1v) is 10.0. The van der Waals surface area contributed by atoms with Crippen LogP contribution in [-0.2, 0) is 9.53 Å². The van der Waals surface area contributed by atoms with Crippen LogP contribution in [0.4, 0.5) is 0 Å². The van der Waals surface area contributed by atoms with Crippen LogP contribution in [0.3, 0.4) is 0 Å². The monoisotopic (exact) mass is 386 g/mol. The van der Waals surface area contributed by atoms with Gasteiger partial charge in [-0.05, 0) is 38.5 Å². The van der Waals surface area contributed by atoms with Crippen LogP contribution in [0.1, 0.15) is 68.6 Å². The smallest absolute Gasteiger partial charge is 0.245 e.